The van der Waals surface area contributed by atoms with Crippen molar-refractivity contribution in [3.63, 3.8) is 0 Å². The Morgan fingerprint density at radius 3 is 2.48 bits per heavy atom. The number of hydrogen-bond donors (Lipinski definition) is 0. The molecule has 2 fully saturated rings. The summed E-state index contributed by atoms with van der Waals surface area (Å²) in [5, 5.41) is 0. The minimum absolute atomic E-state index is 0.00509. The number of allylic oxidation sites excluding steroid dienone is 1. The van der Waals surface area contributed by atoms with Gasteiger partial charge >= 0.3 is 5.97 Å². The number of hydrogen-bond acceptors (Lipinski definition) is 2. The molecule has 0 N–H and O–H groups in total. The number of fused-ring (bicyclic) bond motifs is 1. The summed E-state index contributed by atoms with van der Waals surface area (Å²) >= 11 is 0. The fraction of sp³-hybridized carbons (Fsp3) is 0.423. The van der Waals surface area contributed by atoms with Crippen LogP contribution < -0.4 is 4.74 Å². The van der Waals surface area contributed by atoms with Crippen molar-refractivity contribution in [3.05, 3.63) is 77.6 Å². The molecule has 0 saturated heterocycles. The molecule has 2 aliphatic rings. The molecular formula is C26H29FO2. The maximum atomic E-state index is 14.7. The first-order chi connectivity index (χ1) is 14.0. The van der Waals surface area contributed by atoms with Crippen molar-refractivity contribution in [3.8, 4) is 5.75 Å². The second kappa shape index (κ2) is 8.52. The van der Waals surface area contributed by atoms with Gasteiger partial charge in [0.2, 0.25) is 0 Å². The zero-order valence-electron chi connectivity index (χ0n) is 17.1. The second-order valence-electron chi connectivity index (χ2n) is 8.78. The van der Waals surface area contributed by atoms with Gasteiger partial charge in [0.15, 0.2) is 0 Å². The topological polar surface area (TPSA) is 26.3 Å². The molecule has 152 valence electrons. The molecule has 0 aromatic heterocycles. The molecule has 2 aliphatic carbocycles. The van der Waals surface area contributed by atoms with Crippen molar-refractivity contribution in [2.75, 3.05) is 0 Å². The van der Waals surface area contributed by atoms with Crippen molar-refractivity contribution < 1.29 is 13.9 Å². The summed E-state index contributed by atoms with van der Waals surface area (Å²) in [4.78, 5) is 12.4. The predicted octanol–water partition coefficient (Wildman–Crippen LogP) is 6.84. The highest BCUT2D eigenvalue weighted by Crippen LogP contribution is 2.47. The van der Waals surface area contributed by atoms with Gasteiger partial charge in [-0.15, -0.1) is 6.58 Å². The number of carbonyl (C=O) groups excluding carboxylic acids is 1. The Balaban J connectivity index is 1.43. The molecule has 29 heavy (non-hydrogen) atoms. The molecule has 0 radical (unpaired) electrons. The Hall–Kier alpha value is -2.42. The lowest BCUT2D eigenvalue weighted by atomic mass is 9.64. The highest BCUT2D eigenvalue weighted by Gasteiger charge is 2.35. The van der Waals surface area contributed by atoms with E-state index in [1.807, 2.05) is 25.1 Å². The summed E-state index contributed by atoms with van der Waals surface area (Å²) in [6, 6.07) is 12.2. The van der Waals surface area contributed by atoms with Crippen LogP contribution in [0.3, 0.4) is 0 Å². The number of rotatable bonds is 4. The van der Waals surface area contributed by atoms with Gasteiger partial charge < -0.3 is 4.74 Å². The molecule has 4 unspecified atom stereocenters. The first-order valence-corrected chi connectivity index (χ1v) is 10.7. The fourth-order valence-corrected chi connectivity index (χ4v) is 5.16. The van der Waals surface area contributed by atoms with Gasteiger partial charge in [0, 0.05) is 0 Å². The van der Waals surface area contributed by atoms with Gasteiger partial charge in [0.1, 0.15) is 11.6 Å². The second-order valence-corrected chi connectivity index (χ2v) is 8.78. The molecule has 0 aliphatic heterocycles. The van der Waals surface area contributed by atoms with Crippen LogP contribution in [0, 0.1) is 30.5 Å². The molecule has 0 heterocycles. The van der Waals surface area contributed by atoms with Crippen LogP contribution >= 0.6 is 0 Å². The number of aryl methyl sites for hydroxylation is 1. The monoisotopic (exact) mass is 392 g/mol. The molecule has 4 atom stereocenters. The van der Waals surface area contributed by atoms with Gasteiger partial charge in [-0.1, -0.05) is 29.8 Å². The number of carbonyl (C=O) groups is 1. The van der Waals surface area contributed by atoms with Crippen LogP contribution in [0.4, 0.5) is 4.39 Å². The fourth-order valence-electron chi connectivity index (χ4n) is 5.16. The summed E-state index contributed by atoms with van der Waals surface area (Å²) in [5.41, 5.74) is 2.08. The largest absolute Gasteiger partial charge is 0.423 e. The van der Waals surface area contributed by atoms with Crippen LogP contribution in [0.15, 0.2) is 55.1 Å². The third-order valence-electron chi connectivity index (χ3n) is 6.90. The predicted molar refractivity (Wildman–Crippen MR) is 114 cm³/mol. The molecule has 3 heteroatoms. The lowest BCUT2D eigenvalue weighted by molar-refractivity contribution is 0.0729. The molecule has 0 bridgehead atoms. The van der Waals surface area contributed by atoms with Crippen molar-refractivity contribution in [2.45, 2.75) is 51.4 Å². The zero-order chi connectivity index (χ0) is 20.4. The van der Waals surface area contributed by atoms with Gasteiger partial charge in [-0.2, -0.15) is 0 Å². The number of ether oxygens (including phenoxy) is 1. The van der Waals surface area contributed by atoms with E-state index >= 15 is 0 Å². The van der Waals surface area contributed by atoms with Crippen LogP contribution in [0.2, 0.25) is 0 Å². The molecular weight excluding hydrogens is 363 g/mol. The summed E-state index contributed by atoms with van der Waals surface area (Å²) in [7, 11) is 0. The molecule has 2 aromatic carbocycles. The van der Waals surface area contributed by atoms with E-state index in [0.29, 0.717) is 17.6 Å². The smallest absolute Gasteiger partial charge is 0.346 e. The van der Waals surface area contributed by atoms with Crippen LogP contribution in [-0.4, -0.2) is 5.97 Å². The molecule has 0 amide bonds. The van der Waals surface area contributed by atoms with E-state index in [9.17, 15) is 9.18 Å². The van der Waals surface area contributed by atoms with E-state index in [1.165, 1.54) is 25.7 Å². The molecule has 4 rings (SSSR count). The Morgan fingerprint density at radius 1 is 1.03 bits per heavy atom. The summed E-state index contributed by atoms with van der Waals surface area (Å²) in [6.07, 6.45) is 9.29. The molecule has 2 nitrogen and oxygen atoms in total. The van der Waals surface area contributed by atoms with Gasteiger partial charge in [0.05, 0.1) is 5.56 Å². The van der Waals surface area contributed by atoms with Crippen molar-refractivity contribution in [2.24, 2.45) is 17.8 Å². The molecule has 2 saturated carbocycles. The third kappa shape index (κ3) is 4.44. The Kier molecular flexibility index (Phi) is 5.84. The van der Waals surface area contributed by atoms with Crippen molar-refractivity contribution in [1.29, 1.82) is 0 Å². The van der Waals surface area contributed by atoms with E-state index in [1.54, 1.807) is 24.3 Å². The van der Waals surface area contributed by atoms with Gasteiger partial charge in [0.25, 0.3) is 0 Å². The van der Waals surface area contributed by atoms with E-state index in [0.717, 1.165) is 35.8 Å². The summed E-state index contributed by atoms with van der Waals surface area (Å²) in [6.45, 7) is 5.93. The maximum absolute atomic E-state index is 14.7. The highest BCUT2D eigenvalue weighted by atomic mass is 19.1. The lowest BCUT2D eigenvalue weighted by Gasteiger charge is -2.41. The number of halogens is 1. The Morgan fingerprint density at radius 2 is 1.76 bits per heavy atom. The van der Waals surface area contributed by atoms with Gasteiger partial charge in [-0.3, -0.25) is 0 Å². The van der Waals surface area contributed by atoms with E-state index in [4.69, 9.17) is 4.74 Å². The van der Waals surface area contributed by atoms with Crippen molar-refractivity contribution >= 4 is 5.97 Å². The SMILES string of the molecule is C=CC1CCC2CC(c3ccc(C(=O)Oc4ccc(C)cc4)c(F)c3)CCC2C1. The minimum atomic E-state index is -0.649. The summed E-state index contributed by atoms with van der Waals surface area (Å²) in [5.74, 6) is 1.87. The van der Waals surface area contributed by atoms with Crippen molar-refractivity contribution in [1.82, 2.24) is 0 Å². The summed E-state index contributed by atoms with van der Waals surface area (Å²) < 4.78 is 20.1. The van der Waals surface area contributed by atoms with Crippen LogP contribution in [-0.2, 0) is 0 Å². The highest BCUT2D eigenvalue weighted by molar-refractivity contribution is 5.91. The zero-order valence-corrected chi connectivity index (χ0v) is 17.1. The Labute approximate surface area is 172 Å². The average molecular weight is 393 g/mol. The van der Waals surface area contributed by atoms with Gasteiger partial charge in [-0.25, -0.2) is 9.18 Å². The third-order valence-corrected chi connectivity index (χ3v) is 6.90. The normalized spacial score (nSPS) is 26.4. The van der Waals surface area contributed by atoms with Crippen LogP contribution in [0.1, 0.15) is 65.9 Å². The molecule has 0 spiro atoms. The van der Waals surface area contributed by atoms with Crippen LogP contribution in [0.5, 0.6) is 5.75 Å². The minimum Gasteiger partial charge on any atom is -0.423 e. The first-order valence-electron chi connectivity index (χ1n) is 10.7. The van der Waals surface area contributed by atoms with E-state index in [-0.39, 0.29) is 5.56 Å². The van der Waals surface area contributed by atoms with E-state index in [2.05, 4.69) is 12.7 Å². The number of benzene rings is 2. The molecule has 2 aromatic rings. The average Bonchev–Trinajstić information content (AvgIpc) is 2.74. The quantitative estimate of drug-likeness (QED) is 0.323. The van der Waals surface area contributed by atoms with Crippen LogP contribution in [0.25, 0.3) is 0 Å². The Bertz CT molecular complexity index is 886. The standard InChI is InChI=1S/C26H29FO2/c1-3-18-6-7-20-15-21(9-8-19(20)14-18)22-10-13-24(25(27)16-22)26(28)29-23-11-4-17(2)5-12-23/h3-5,10-13,16,18-21H,1,6-9,14-15H2,2H3. The number of esters is 1. The maximum Gasteiger partial charge on any atom is 0.346 e. The van der Waals surface area contributed by atoms with E-state index < -0.39 is 11.8 Å². The lowest BCUT2D eigenvalue weighted by Crippen LogP contribution is -2.30. The first kappa shape index (κ1) is 19.9. The van der Waals surface area contributed by atoms with Gasteiger partial charge in [-0.05, 0) is 98.9 Å².